The van der Waals surface area contributed by atoms with E-state index in [4.69, 9.17) is 4.74 Å². The van der Waals surface area contributed by atoms with Crippen molar-refractivity contribution in [2.24, 2.45) is 0 Å². The number of nitrogens with zero attached hydrogens (tertiary/aromatic N) is 1. The van der Waals surface area contributed by atoms with Crippen molar-refractivity contribution < 1.29 is 14.0 Å². The normalized spacial score (nSPS) is 12.0. The molecule has 0 rings (SSSR count). The van der Waals surface area contributed by atoms with Crippen molar-refractivity contribution in [3.8, 4) is 0 Å². The maximum Gasteiger partial charge on any atom is 0.361 e. The van der Waals surface area contributed by atoms with Crippen molar-refractivity contribution in [3.05, 3.63) is 12.2 Å². The zero-order valence-corrected chi connectivity index (χ0v) is 9.75. The van der Waals surface area contributed by atoms with E-state index in [-0.39, 0.29) is 5.97 Å². The summed E-state index contributed by atoms with van der Waals surface area (Å²) in [6.07, 6.45) is 5.97. The van der Waals surface area contributed by atoms with Gasteiger partial charge in [0.15, 0.2) is 6.54 Å². The first-order valence-electron chi connectivity index (χ1n) is 5.07. The molecule has 0 amide bonds. The Balaban J connectivity index is 3.50. The van der Waals surface area contributed by atoms with Gasteiger partial charge in [-0.25, -0.2) is 4.79 Å². The molecule has 0 heterocycles. The molecule has 0 saturated heterocycles. The molecule has 82 valence electrons. The number of likely N-dealkylation sites (N-methyl/N-ethyl adjacent to an activating group) is 1. The molecule has 0 atom stereocenters. The Morgan fingerprint density at radius 1 is 1.29 bits per heavy atom. The van der Waals surface area contributed by atoms with Gasteiger partial charge in [-0.05, 0) is 12.8 Å². The van der Waals surface area contributed by atoms with Crippen LogP contribution in [0, 0.1) is 0 Å². The van der Waals surface area contributed by atoms with E-state index in [0.717, 1.165) is 12.8 Å². The molecule has 0 unspecified atom stereocenters. The molecule has 0 spiro atoms. The molecule has 3 nitrogen and oxygen atoms in total. The molecule has 0 aliphatic rings. The average molecular weight is 200 g/mol. The number of allylic oxidation sites excluding steroid dienone is 1. The second-order valence-corrected chi connectivity index (χ2v) is 4.34. The molecule has 0 aromatic heterocycles. The largest absolute Gasteiger partial charge is 0.461 e. The second-order valence-electron chi connectivity index (χ2n) is 4.34. The lowest BCUT2D eigenvalue weighted by atomic mass is 10.3. The first-order chi connectivity index (χ1) is 6.45. The Labute approximate surface area is 86.9 Å². The van der Waals surface area contributed by atoms with E-state index < -0.39 is 0 Å². The predicted octanol–water partition coefficient (Wildman–Crippen LogP) is 1.59. The molecule has 0 N–H and O–H groups in total. The molecular formula is C11H22NO2+. The number of carbonyl (C=O) groups is 1. The van der Waals surface area contributed by atoms with Gasteiger partial charge < -0.3 is 9.22 Å². The van der Waals surface area contributed by atoms with Gasteiger partial charge in [0.2, 0.25) is 0 Å². The molecule has 0 saturated carbocycles. The summed E-state index contributed by atoms with van der Waals surface area (Å²) >= 11 is 0. The highest BCUT2D eigenvalue weighted by Crippen LogP contribution is 1.93. The predicted molar refractivity (Wildman–Crippen MR) is 57.9 cm³/mol. The highest BCUT2D eigenvalue weighted by Gasteiger charge is 2.14. The van der Waals surface area contributed by atoms with E-state index in [1.807, 2.05) is 27.2 Å². The third kappa shape index (κ3) is 9.26. The number of esters is 1. The van der Waals surface area contributed by atoms with Crippen molar-refractivity contribution >= 4 is 5.97 Å². The van der Waals surface area contributed by atoms with Crippen LogP contribution in [0.5, 0.6) is 0 Å². The highest BCUT2D eigenvalue weighted by atomic mass is 16.5. The minimum Gasteiger partial charge on any atom is -0.461 e. The number of rotatable bonds is 6. The van der Waals surface area contributed by atoms with E-state index in [0.29, 0.717) is 17.6 Å². The smallest absolute Gasteiger partial charge is 0.361 e. The minimum atomic E-state index is -0.123. The van der Waals surface area contributed by atoms with Crippen molar-refractivity contribution in [2.75, 3.05) is 34.3 Å². The number of carbonyl (C=O) groups excluding carboxylic acids is 1. The third-order valence-electron chi connectivity index (χ3n) is 1.55. The van der Waals surface area contributed by atoms with Crippen molar-refractivity contribution in [2.45, 2.75) is 19.8 Å². The summed E-state index contributed by atoms with van der Waals surface area (Å²) in [4.78, 5) is 11.2. The fourth-order valence-electron chi connectivity index (χ4n) is 0.958. The van der Waals surface area contributed by atoms with Crippen LogP contribution in [0.3, 0.4) is 0 Å². The minimum absolute atomic E-state index is 0.123. The van der Waals surface area contributed by atoms with E-state index in [2.05, 4.69) is 13.0 Å². The first kappa shape index (κ1) is 13.2. The molecule has 0 radical (unpaired) electrons. The molecule has 0 bridgehead atoms. The van der Waals surface area contributed by atoms with Gasteiger partial charge in [0.05, 0.1) is 27.7 Å². The van der Waals surface area contributed by atoms with Crippen molar-refractivity contribution in [1.29, 1.82) is 0 Å². The summed E-state index contributed by atoms with van der Waals surface area (Å²) in [7, 11) is 5.91. The Morgan fingerprint density at radius 3 is 2.43 bits per heavy atom. The van der Waals surface area contributed by atoms with Gasteiger partial charge in [-0.2, -0.15) is 0 Å². The van der Waals surface area contributed by atoms with Crippen LogP contribution in [0.25, 0.3) is 0 Å². The molecule has 0 fully saturated rings. The monoisotopic (exact) mass is 200 g/mol. The molecule has 0 aliphatic carbocycles. The molecule has 0 aromatic carbocycles. The van der Waals surface area contributed by atoms with Gasteiger partial charge in [-0.3, -0.25) is 0 Å². The van der Waals surface area contributed by atoms with Gasteiger partial charge in [0.25, 0.3) is 0 Å². The van der Waals surface area contributed by atoms with Crippen LogP contribution >= 0.6 is 0 Å². The molecule has 0 aromatic rings. The number of ether oxygens (including phenoxy) is 1. The molecular weight excluding hydrogens is 178 g/mol. The van der Waals surface area contributed by atoms with Crippen molar-refractivity contribution in [1.82, 2.24) is 0 Å². The lowest BCUT2D eigenvalue weighted by Gasteiger charge is -2.22. The Hall–Kier alpha value is -0.830. The van der Waals surface area contributed by atoms with Crippen LogP contribution in [-0.2, 0) is 9.53 Å². The van der Waals surface area contributed by atoms with Gasteiger partial charge in [-0.1, -0.05) is 19.1 Å². The lowest BCUT2D eigenvalue weighted by molar-refractivity contribution is -0.862. The van der Waals surface area contributed by atoms with Gasteiger partial charge in [0.1, 0.15) is 0 Å². The summed E-state index contributed by atoms with van der Waals surface area (Å²) in [6.45, 7) is 3.01. The Kier molecular flexibility index (Phi) is 6.21. The fraction of sp³-hybridized carbons (Fsp3) is 0.727. The van der Waals surface area contributed by atoms with Crippen LogP contribution in [0.2, 0.25) is 0 Å². The zero-order chi connectivity index (χ0) is 11.0. The fourth-order valence-corrected chi connectivity index (χ4v) is 0.958. The van der Waals surface area contributed by atoms with Gasteiger partial charge in [-0.15, -0.1) is 0 Å². The topological polar surface area (TPSA) is 26.3 Å². The second kappa shape index (κ2) is 6.60. The van der Waals surface area contributed by atoms with Crippen LogP contribution in [-0.4, -0.2) is 44.7 Å². The van der Waals surface area contributed by atoms with Crippen LogP contribution < -0.4 is 0 Å². The average Bonchev–Trinajstić information content (AvgIpc) is 2.00. The number of hydrogen-bond donors (Lipinski definition) is 0. The number of hydrogen-bond acceptors (Lipinski definition) is 2. The van der Waals surface area contributed by atoms with E-state index in [1.54, 1.807) is 0 Å². The molecule has 14 heavy (non-hydrogen) atoms. The van der Waals surface area contributed by atoms with Gasteiger partial charge in [0, 0.05) is 0 Å². The zero-order valence-electron chi connectivity index (χ0n) is 9.75. The van der Waals surface area contributed by atoms with Crippen molar-refractivity contribution in [3.63, 3.8) is 0 Å². The maximum atomic E-state index is 11.2. The standard InChI is InChI=1S/C11H22NO2/c1-5-6-7-8-9-14-11(13)10-12(2,3)4/h6-7H,5,8-10H2,1-4H3/q+1/b7-6-. The quantitative estimate of drug-likeness (QED) is 0.282. The van der Waals surface area contributed by atoms with Gasteiger partial charge >= 0.3 is 5.97 Å². The highest BCUT2D eigenvalue weighted by molar-refractivity contribution is 5.70. The van der Waals surface area contributed by atoms with Crippen LogP contribution in [0.4, 0.5) is 0 Å². The summed E-state index contributed by atoms with van der Waals surface area (Å²) < 4.78 is 5.67. The summed E-state index contributed by atoms with van der Waals surface area (Å²) in [6, 6.07) is 0. The van der Waals surface area contributed by atoms with E-state index in [1.165, 1.54) is 0 Å². The lowest BCUT2D eigenvalue weighted by Crippen LogP contribution is -2.40. The van der Waals surface area contributed by atoms with Crippen LogP contribution in [0.1, 0.15) is 19.8 Å². The summed E-state index contributed by atoms with van der Waals surface area (Å²) in [5.74, 6) is -0.123. The summed E-state index contributed by atoms with van der Waals surface area (Å²) in [5, 5.41) is 0. The van der Waals surface area contributed by atoms with E-state index in [9.17, 15) is 4.79 Å². The van der Waals surface area contributed by atoms with Crippen LogP contribution in [0.15, 0.2) is 12.2 Å². The molecule has 0 aliphatic heterocycles. The number of quaternary nitrogens is 1. The Morgan fingerprint density at radius 2 is 1.93 bits per heavy atom. The first-order valence-corrected chi connectivity index (χ1v) is 5.07. The molecule has 3 heteroatoms. The third-order valence-corrected chi connectivity index (χ3v) is 1.55. The maximum absolute atomic E-state index is 11.2. The summed E-state index contributed by atoms with van der Waals surface area (Å²) in [5.41, 5.74) is 0. The Bertz CT molecular complexity index is 192. The van der Waals surface area contributed by atoms with E-state index >= 15 is 0 Å². The SMILES string of the molecule is CC/C=C\CCOC(=O)C[N+](C)(C)C.